The molecule has 3 aromatic carbocycles. The highest BCUT2D eigenvalue weighted by molar-refractivity contribution is 6.30. The third-order valence-electron chi connectivity index (χ3n) is 6.70. The first-order chi connectivity index (χ1) is 17.8. The summed E-state index contributed by atoms with van der Waals surface area (Å²) in [5.41, 5.74) is -0.318. The van der Waals surface area contributed by atoms with Gasteiger partial charge in [-0.1, -0.05) is 48.0 Å². The maximum absolute atomic E-state index is 14.4. The third kappa shape index (κ3) is 6.66. The topological polar surface area (TPSA) is 49.9 Å². The van der Waals surface area contributed by atoms with Gasteiger partial charge in [0, 0.05) is 43.5 Å². The number of hydrogen-bond acceptors (Lipinski definition) is 3. The first-order valence-electron chi connectivity index (χ1n) is 12.2. The number of carbonyl (C=O) groups is 2. The highest BCUT2D eigenvalue weighted by Gasteiger charge is 2.41. The first kappa shape index (κ1) is 26.6. The van der Waals surface area contributed by atoms with Crippen LogP contribution in [0, 0.1) is 17.0 Å². The van der Waals surface area contributed by atoms with Gasteiger partial charge in [-0.05, 0) is 54.8 Å². The van der Waals surface area contributed by atoms with Crippen molar-refractivity contribution in [3.63, 3.8) is 0 Å². The Kier molecular flexibility index (Phi) is 8.44. The van der Waals surface area contributed by atoms with Crippen LogP contribution in [0.5, 0.6) is 5.75 Å². The second-order valence-electron chi connectivity index (χ2n) is 9.58. The van der Waals surface area contributed by atoms with E-state index >= 15 is 0 Å². The van der Waals surface area contributed by atoms with E-state index in [9.17, 15) is 18.4 Å². The Hall–Kier alpha value is -3.45. The summed E-state index contributed by atoms with van der Waals surface area (Å²) in [5.74, 6) is -2.06. The second kappa shape index (κ2) is 11.7. The largest absolute Gasteiger partial charge is 0.493 e. The van der Waals surface area contributed by atoms with E-state index in [4.69, 9.17) is 16.3 Å². The molecule has 37 heavy (non-hydrogen) atoms. The van der Waals surface area contributed by atoms with Crippen molar-refractivity contribution in [3.8, 4) is 5.75 Å². The fraction of sp³-hybridized carbons (Fsp3) is 0.310. The van der Waals surface area contributed by atoms with Gasteiger partial charge in [-0.2, -0.15) is 0 Å². The number of piperidine rings is 1. The lowest BCUT2D eigenvalue weighted by Gasteiger charge is -2.43. The van der Waals surface area contributed by atoms with Crippen LogP contribution in [0.25, 0.3) is 0 Å². The first-order valence-corrected chi connectivity index (χ1v) is 12.5. The lowest BCUT2D eigenvalue weighted by Crippen LogP contribution is -2.51. The summed E-state index contributed by atoms with van der Waals surface area (Å²) >= 11 is 5.98. The lowest BCUT2D eigenvalue weighted by atomic mass is 9.77. The fourth-order valence-corrected chi connectivity index (χ4v) is 4.85. The van der Waals surface area contributed by atoms with Gasteiger partial charge < -0.3 is 14.5 Å². The Bertz CT molecular complexity index is 1220. The van der Waals surface area contributed by atoms with Crippen LogP contribution in [0.15, 0.2) is 72.8 Å². The lowest BCUT2D eigenvalue weighted by molar-refractivity contribution is -0.134. The van der Waals surface area contributed by atoms with E-state index in [0.717, 1.165) is 17.7 Å². The van der Waals surface area contributed by atoms with Crippen molar-refractivity contribution < 1.29 is 23.1 Å². The highest BCUT2D eigenvalue weighted by atomic mass is 35.5. The van der Waals surface area contributed by atoms with Crippen molar-refractivity contribution in [3.05, 3.63) is 101 Å². The molecule has 0 spiro atoms. The van der Waals surface area contributed by atoms with Gasteiger partial charge in [-0.3, -0.25) is 9.59 Å². The van der Waals surface area contributed by atoms with Gasteiger partial charge in [0.05, 0.1) is 6.61 Å². The Morgan fingerprint density at radius 3 is 2.35 bits per heavy atom. The zero-order valence-corrected chi connectivity index (χ0v) is 21.4. The molecule has 0 aliphatic carbocycles. The quantitative estimate of drug-likeness (QED) is 0.363. The van der Waals surface area contributed by atoms with Crippen molar-refractivity contribution >= 4 is 23.4 Å². The Balaban J connectivity index is 1.55. The van der Waals surface area contributed by atoms with Gasteiger partial charge in [-0.25, -0.2) is 8.78 Å². The summed E-state index contributed by atoms with van der Waals surface area (Å²) in [6, 6.07) is 19.9. The average molecular weight is 527 g/mol. The molecule has 1 atom stereocenters. The maximum Gasteiger partial charge on any atom is 0.259 e. The highest BCUT2D eigenvalue weighted by Crippen LogP contribution is 2.36. The molecule has 0 bridgehead atoms. The minimum atomic E-state index is -0.905. The van der Waals surface area contributed by atoms with E-state index in [1.165, 1.54) is 11.0 Å². The van der Waals surface area contributed by atoms with Crippen molar-refractivity contribution in [2.75, 3.05) is 26.7 Å². The molecule has 0 radical (unpaired) electrons. The molecular weight excluding hydrogens is 498 g/mol. The zero-order chi connectivity index (χ0) is 26.4. The molecule has 1 heterocycles. The Morgan fingerprint density at radius 1 is 1.00 bits per heavy atom. The van der Waals surface area contributed by atoms with Crippen LogP contribution in [0.1, 0.15) is 35.2 Å². The standard InChI is InChI=1S/C29H29ClF2N2O3/c1-33(18-21-7-3-2-4-8-21)26(35)17-29(20-37-23-13-11-22(30)12-14-23)15-6-16-34(19-29)28(36)27-24(31)9-5-10-25(27)32/h2-5,7-14H,6,15-20H2,1H3/t29-/m0/s1. The molecular formula is C29H29ClF2N2O3. The summed E-state index contributed by atoms with van der Waals surface area (Å²) in [4.78, 5) is 29.6. The molecule has 1 aliphatic heterocycles. The van der Waals surface area contributed by atoms with Crippen molar-refractivity contribution in [1.29, 1.82) is 0 Å². The summed E-state index contributed by atoms with van der Waals surface area (Å²) < 4.78 is 34.8. The van der Waals surface area contributed by atoms with Gasteiger partial charge in [-0.15, -0.1) is 0 Å². The van der Waals surface area contributed by atoms with Crippen LogP contribution in [0.3, 0.4) is 0 Å². The predicted molar refractivity (Wildman–Crippen MR) is 138 cm³/mol. The number of rotatable bonds is 8. The summed E-state index contributed by atoms with van der Waals surface area (Å²) in [5, 5.41) is 0.570. The van der Waals surface area contributed by atoms with Crippen molar-refractivity contribution in [2.45, 2.75) is 25.8 Å². The molecule has 1 fully saturated rings. The Morgan fingerprint density at radius 2 is 1.68 bits per heavy atom. The van der Waals surface area contributed by atoms with Crippen molar-refractivity contribution in [2.24, 2.45) is 5.41 Å². The van der Waals surface area contributed by atoms with Crippen LogP contribution in [-0.4, -0.2) is 48.4 Å². The van der Waals surface area contributed by atoms with Crippen LogP contribution in [0.4, 0.5) is 8.78 Å². The monoisotopic (exact) mass is 526 g/mol. The molecule has 4 rings (SSSR count). The number of amides is 2. The molecule has 1 aliphatic rings. The summed E-state index contributed by atoms with van der Waals surface area (Å²) in [6.07, 6.45) is 1.31. The summed E-state index contributed by atoms with van der Waals surface area (Å²) in [6.45, 7) is 1.07. The number of halogens is 3. The maximum atomic E-state index is 14.4. The number of benzene rings is 3. The number of carbonyl (C=O) groups excluding carboxylic acids is 2. The van der Waals surface area contributed by atoms with Gasteiger partial charge in [0.25, 0.3) is 5.91 Å². The van der Waals surface area contributed by atoms with E-state index in [-0.39, 0.29) is 25.5 Å². The Labute approximate surface area is 220 Å². The predicted octanol–water partition coefficient (Wildman–Crippen LogP) is 5.97. The number of hydrogen-bond donors (Lipinski definition) is 0. The SMILES string of the molecule is CN(Cc1ccccc1)C(=O)C[C@@]1(COc2ccc(Cl)cc2)CCCN(C(=O)c2c(F)cccc2F)C1. The zero-order valence-electron chi connectivity index (χ0n) is 20.6. The minimum absolute atomic E-state index is 0.102. The molecule has 0 N–H and O–H groups in total. The molecule has 0 saturated carbocycles. The van der Waals surface area contributed by atoms with E-state index in [2.05, 4.69) is 0 Å². The van der Waals surface area contributed by atoms with Crippen molar-refractivity contribution in [1.82, 2.24) is 9.80 Å². The molecule has 5 nitrogen and oxygen atoms in total. The van der Waals surface area contributed by atoms with Crippen LogP contribution < -0.4 is 4.74 Å². The molecule has 1 saturated heterocycles. The van der Waals surface area contributed by atoms with Gasteiger partial charge in [0.1, 0.15) is 22.9 Å². The van der Waals surface area contributed by atoms with Crippen LogP contribution in [-0.2, 0) is 11.3 Å². The molecule has 0 unspecified atom stereocenters. The third-order valence-corrected chi connectivity index (χ3v) is 6.95. The van der Waals surface area contributed by atoms with E-state index in [1.807, 2.05) is 30.3 Å². The number of likely N-dealkylation sites (tertiary alicyclic amines) is 1. The van der Waals surface area contributed by atoms with E-state index < -0.39 is 28.5 Å². The summed E-state index contributed by atoms with van der Waals surface area (Å²) in [7, 11) is 1.74. The number of ether oxygens (including phenoxy) is 1. The van der Waals surface area contributed by atoms with Gasteiger partial charge in [0.15, 0.2) is 0 Å². The van der Waals surface area contributed by atoms with Gasteiger partial charge >= 0.3 is 0 Å². The average Bonchev–Trinajstić information content (AvgIpc) is 2.89. The minimum Gasteiger partial charge on any atom is -0.493 e. The van der Waals surface area contributed by atoms with E-state index in [0.29, 0.717) is 36.7 Å². The van der Waals surface area contributed by atoms with Crippen LogP contribution in [0.2, 0.25) is 5.02 Å². The van der Waals surface area contributed by atoms with Gasteiger partial charge in [0.2, 0.25) is 5.91 Å². The molecule has 194 valence electrons. The second-order valence-corrected chi connectivity index (χ2v) is 10.0. The van der Waals surface area contributed by atoms with Crippen LogP contribution >= 0.6 is 11.6 Å². The number of nitrogens with zero attached hydrogens (tertiary/aromatic N) is 2. The molecule has 8 heteroatoms. The molecule has 3 aromatic rings. The smallest absolute Gasteiger partial charge is 0.259 e. The fourth-order valence-electron chi connectivity index (χ4n) is 4.72. The molecule has 0 aromatic heterocycles. The normalized spacial score (nSPS) is 17.4. The van der Waals surface area contributed by atoms with E-state index in [1.54, 1.807) is 36.2 Å². The molecule has 2 amide bonds.